The molecule has 1 amide bonds. The monoisotopic (exact) mass is 338 g/mol. The zero-order chi connectivity index (χ0) is 16.4. The molecule has 4 fully saturated rings. The van der Waals surface area contributed by atoms with Crippen LogP contribution in [0, 0.1) is 11.8 Å². The first kappa shape index (κ1) is 16.8. The van der Waals surface area contributed by atoms with Crippen LogP contribution in [0.2, 0.25) is 0 Å². The fourth-order valence-electron chi connectivity index (χ4n) is 4.78. The molecule has 4 rings (SSSR count). The van der Waals surface area contributed by atoms with E-state index in [9.17, 15) is 4.79 Å². The van der Waals surface area contributed by atoms with Gasteiger partial charge in [0.1, 0.15) is 0 Å². The Morgan fingerprint density at radius 3 is 2.58 bits per heavy atom. The molecule has 0 unspecified atom stereocenters. The van der Waals surface area contributed by atoms with Crippen LogP contribution in [0.4, 0.5) is 0 Å². The number of fused-ring (bicyclic) bond motifs is 1. The Bertz CT molecular complexity index is 435. The van der Waals surface area contributed by atoms with Gasteiger partial charge in [0.15, 0.2) is 0 Å². The highest BCUT2D eigenvalue weighted by molar-refractivity contribution is 5.78. The van der Waals surface area contributed by atoms with E-state index in [2.05, 4.69) is 4.90 Å². The smallest absolute Gasteiger partial charge is 0.249 e. The van der Waals surface area contributed by atoms with Crippen molar-refractivity contribution in [3.8, 4) is 0 Å². The molecular weight excluding hydrogens is 308 g/mol. The normalized spacial score (nSPS) is 36.3. The maximum absolute atomic E-state index is 13.0. The predicted molar refractivity (Wildman–Crippen MR) is 88.3 cm³/mol. The van der Waals surface area contributed by atoms with Crippen LogP contribution in [0.1, 0.15) is 38.5 Å². The maximum atomic E-state index is 13.0. The summed E-state index contributed by atoms with van der Waals surface area (Å²) in [5.74, 6) is 0.569. The van der Waals surface area contributed by atoms with Crippen LogP contribution in [0.3, 0.4) is 0 Å². The molecule has 0 aromatic heterocycles. The Balaban J connectivity index is 1.43. The number of piperidine rings is 1. The molecule has 0 N–H and O–H groups in total. The van der Waals surface area contributed by atoms with Gasteiger partial charge in [-0.15, -0.1) is 0 Å². The number of carbonyl (C=O) groups excluding carboxylic acids is 1. The number of hydrogen-bond acceptors (Lipinski definition) is 5. The minimum Gasteiger partial charge on any atom is -0.381 e. The van der Waals surface area contributed by atoms with Crippen molar-refractivity contribution in [3.63, 3.8) is 0 Å². The van der Waals surface area contributed by atoms with Crippen molar-refractivity contribution in [2.75, 3.05) is 46.1 Å². The van der Waals surface area contributed by atoms with Crippen LogP contribution in [0.15, 0.2) is 0 Å². The van der Waals surface area contributed by atoms with Gasteiger partial charge in [0.2, 0.25) is 5.91 Å². The Morgan fingerprint density at radius 2 is 1.79 bits per heavy atom. The van der Waals surface area contributed by atoms with Gasteiger partial charge >= 0.3 is 0 Å². The molecule has 0 aromatic rings. The average molecular weight is 338 g/mol. The Hall–Kier alpha value is -0.690. The van der Waals surface area contributed by atoms with E-state index in [4.69, 9.17) is 14.3 Å². The van der Waals surface area contributed by atoms with Crippen molar-refractivity contribution < 1.29 is 19.1 Å². The molecular formula is C18H30N2O4. The topological polar surface area (TPSA) is 51.2 Å². The summed E-state index contributed by atoms with van der Waals surface area (Å²) in [5.41, 5.74) is 0. The minimum absolute atomic E-state index is 0.0597. The summed E-state index contributed by atoms with van der Waals surface area (Å²) in [6, 6.07) is 0.614. The van der Waals surface area contributed by atoms with E-state index < -0.39 is 0 Å². The zero-order valence-electron chi connectivity index (χ0n) is 14.5. The molecule has 136 valence electrons. The third kappa shape index (κ3) is 3.47. The summed E-state index contributed by atoms with van der Waals surface area (Å²) < 4.78 is 11.5. The first-order chi connectivity index (χ1) is 11.8. The fourth-order valence-corrected chi connectivity index (χ4v) is 4.78. The highest BCUT2D eigenvalue weighted by Crippen LogP contribution is 2.36. The lowest BCUT2D eigenvalue weighted by Crippen LogP contribution is -2.56. The lowest BCUT2D eigenvalue weighted by Gasteiger charge is -2.48. The number of nitrogens with zero attached hydrogens (tertiary/aromatic N) is 2. The van der Waals surface area contributed by atoms with Gasteiger partial charge in [-0.2, -0.15) is 0 Å². The first-order valence-electron chi connectivity index (χ1n) is 9.70. The van der Waals surface area contributed by atoms with E-state index in [1.54, 1.807) is 5.06 Å². The SMILES string of the molecule is O=C([C@@H]1CCO[C@@H]2CCN(C3CCOCC3)C[C@@H]21)N1CCCCO1. The van der Waals surface area contributed by atoms with Gasteiger partial charge < -0.3 is 9.47 Å². The molecule has 0 radical (unpaired) electrons. The van der Waals surface area contributed by atoms with E-state index >= 15 is 0 Å². The number of amides is 1. The molecule has 24 heavy (non-hydrogen) atoms. The predicted octanol–water partition coefficient (Wildman–Crippen LogP) is 1.45. The lowest BCUT2D eigenvalue weighted by atomic mass is 9.78. The van der Waals surface area contributed by atoms with Crippen molar-refractivity contribution in [1.82, 2.24) is 9.96 Å². The summed E-state index contributed by atoms with van der Waals surface area (Å²) in [6.45, 7) is 5.95. The van der Waals surface area contributed by atoms with E-state index in [-0.39, 0.29) is 17.9 Å². The zero-order valence-corrected chi connectivity index (χ0v) is 14.5. The fraction of sp³-hybridized carbons (Fsp3) is 0.944. The number of ether oxygens (including phenoxy) is 2. The van der Waals surface area contributed by atoms with Crippen LogP contribution in [-0.2, 0) is 19.1 Å². The molecule has 0 spiro atoms. The highest BCUT2D eigenvalue weighted by atomic mass is 16.7. The van der Waals surface area contributed by atoms with Crippen LogP contribution in [0.5, 0.6) is 0 Å². The number of rotatable bonds is 2. The van der Waals surface area contributed by atoms with Crippen LogP contribution >= 0.6 is 0 Å². The molecule has 0 aromatic carbocycles. The molecule has 0 aliphatic carbocycles. The Morgan fingerprint density at radius 1 is 0.917 bits per heavy atom. The van der Waals surface area contributed by atoms with E-state index in [0.717, 1.165) is 71.4 Å². The summed E-state index contributed by atoms with van der Waals surface area (Å²) >= 11 is 0. The molecule has 6 nitrogen and oxygen atoms in total. The highest BCUT2D eigenvalue weighted by Gasteiger charge is 2.44. The first-order valence-corrected chi connectivity index (χ1v) is 9.70. The van der Waals surface area contributed by atoms with Crippen molar-refractivity contribution in [3.05, 3.63) is 0 Å². The van der Waals surface area contributed by atoms with E-state index in [1.165, 1.54) is 0 Å². The quantitative estimate of drug-likeness (QED) is 0.763. The van der Waals surface area contributed by atoms with Crippen molar-refractivity contribution in [2.24, 2.45) is 11.8 Å². The number of likely N-dealkylation sites (tertiary alicyclic amines) is 1. The van der Waals surface area contributed by atoms with Gasteiger partial charge in [-0.3, -0.25) is 14.5 Å². The van der Waals surface area contributed by atoms with Gasteiger partial charge in [-0.1, -0.05) is 0 Å². The van der Waals surface area contributed by atoms with Gasteiger partial charge in [0.05, 0.1) is 12.7 Å². The molecule has 6 heteroatoms. The van der Waals surface area contributed by atoms with Gasteiger partial charge in [-0.25, -0.2) is 5.06 Å². The summed E-state index contributed by atoms with van der Waals surface area (Å²) in [4.78, 5) is 21.2. The maximum Gasteiger partial charge on any atom is 0.249 e. The van der Waals surface area contributed by atoms with Gasteiger partial charge in [-0.05, 0) is 38.5 Å². The second-order valence-corrected chi connectivity index (χ2v) is 7.58. The number of carbonyl (C=O) groups is 1. The minimum atomic E-state index is 0.0597. The van der Waals surface area contributed by atoms with Crippen LogP contribution < -0.4 is 0 Å². The second-order valence-electron chi connectivity index (χ2n) is 7.58. The molecule has 0 bridgehead atoms. The van der Waals surface area contributed by atoms with Crippen molar-refractivity contribution in [2.45, 2.75) is 50.7 Å². The number of hydroxylamine groups is 2. The third-order valence-corrected chi connectivity index (χ3v) is 6.17. The standard InChI is InChI=1S/C18H30N2O4/c21-18(20-7-1-2-9-24-20)15-6-12-23-17-3-8-19(13-16(15)17)14-4-10-22-11-5-14/h14-17H,1-13H2/t15-,16-,17-/m1/s1. The van der Waals surface area contributed by atoms with Crippen LogP contribution in [-0.4, -0.2) is 74.1 Å². The molecule has 4 aliphatic heterocycles. The average Bonchev–Trinajstić information content (AvgIpc) is 2.68. The van der Waals surface area contributed by atoms with Crippen LogP contribution in [0.25, 0.3) is 0 Å². The van der Waals surface area contributed by atoms with Crippen molar-refractivity contribution >= 4 is 5.91 Å². The summed E-state index contributed by atoms with van der Waals surface area (Å²) in [7, 11) is 0. The molecule has 4 aliphatic rings. The number of hydrogen-bond donors (Lipinski definition) is 0. The Kier molecular flexibility index (Phi) is 5.37. The van der Waals surface area contributed by atoms with E-state index in [0.29, 0.717) is 25.2 Å². The lowest BCUT2D eigenvalue weighted by molar-refractivity contribution is -0.210. The van der Waals surface area contributed by atoms with Crippen molar-refractivity contribution in [1.29, 1.82) is 0 Å². The van der Waals surface area contributed by atoms with Gasteiger partial charge in [0.25, 0.3) is 0 Å². The summed E-state index contributed by atoms with van der Waals surface area (Å²) in [5, 5.41) is 1.64. The second kappa shape index (κ2) is 7.68. The molecule has 4 saturated heterocycles. The van der Waals surface area contributed by atoms with E-state index in [1.807, 2.05) is 0 Å². The molecule has 0 saturated carbocycles. The molecule has 4 heterocycles. The third-order valence-electron chi connectivity index (χ3n) is 6.17. The Labute approximate surface area is 144 Å². The van der Waals surface area contributed by atoms with Gasteiger partial charge in [0, 0.05) is 57.3 Å². The largest absolute Gasteiger partial charge is 0.381 e. The summed E-state index contributed by atoms with van der Waals surface area (Å²) in [6.07, 6.45) is 6.47. The molecule has 3 atom stereocenters.